The van der Waals surface area contributed by atoms with E-state index in [4.69, 9.17) is 4.74 Å². The van der Waals surface area contributed by atoms with E-state index < -0.39 is 0 Å². The predicted molar refractivity (Wildman–Crippen MR) is 93.2 cm³/mol. The maximum Gasteiger partial charge on any atom is 0.118 e. The highest BCUT2D eigenvalue weighted by Gasteiger charge is 2.07. The van der Waals surface area contributed by atoms with Gasteiger partial charge in [-0.15, -0.1) is 0 Å². The third-order valence-electron chi connectivity index (χ3n) is 3.98. The number of phenols is 1. The summed E-state index contributed by atoms with van der Waals surface area (Å²) in [6, 6.07) is 24.1. The average Bonchev–Trinajstić information content (AvgIpc) is 2.59. The van der Waals surface area contributed by atoms with Crippen molar-refractivity contribution in [3.63, 3.8) is 0 Å². The van der Waals surface area contributed by atoms with Crippen molar-refractivity contribution in [3.05, 3.63) is 95.1 Å². The first kappa shape index (κ1) is 15.2. The maximum absolute atomic E-state index is 9.83. The number of hydrogen-bond donors (Lipinski definition) is 1. The predicted octanol–water partition coefficient (Wildman–Crippen LogP) is 4.58. The summed E-state index contributed by atoms with van der Waals surface area (Å²) in [5.74, 6) is 1.18. The Kier molecular flexibility index (Phi) is 4.62. The molecule has 3 aromatic carbocycles. The molecule has 1 N–H and O–H groups in total. The summed E-state index contributed by atoms with van der Waals surface area (Å²) >= 11 is 0. The van der Waals surface area contributed by atoms with Gasteiger partial charge in [-0.1, -0.05) is 48.5 Å². The second-order valence-electron chi connectivity index (χ2n) is 5.64. The number of aromatic hydroxyl groups is 1. The van der Waals surface area contributed by atoms with Gasteiger partial charge in [-0.2, -0.15) is 0 Å². The Morgan fingerprint density at radius 1 is 0.739 bits per heavy atom. The van der Waals surface area contributed by atoms with E-state index in [-0.39, 0.29) is 0 Å². The first-order valence-electron chi connectivity index (χ1n) is 7.72. The van der Waals surface area contributed by atoms with Crippen LogP contribution in [0.5, 0.6) is 11.5 Å². The molecule has 116 valence electrons. The zero-order valence-electron chi connectivity index (χ0n) is 13.2. The van der Waals surface area contributed by atoms with Gasteiger partial charge in [-0.3, -0.25) is 0 Å². The van der Waals surface area contributed by atoms with E-state index in [0.29, 0.717) is 5.75 Å². The molecule has 0 aliphatic rings. The van der Waals surface area contributed by atoms with Crippen LogP contribution in [0.4, 0.5) is 0 Å². The molecule has 0 aliphatic heterocycles. The van der Waals surface area contributed by atoms with Gasteiger partial charge in [0.15, 0.2) is 0 Å². The molecule has 2 nitrogen and oxygen atoms in total. The molecule has 0 aromatic heterocycles. The SMILES string of the molecule is COc1ccc(Cc2ccc(O)cc2Cc2ccccc2)cc1. The molecule has 0 fully saturated rings. The lowest BCUT2D eigenvalue weighted by Crippen LogP contribution is -1.97. The molecule has 0 unspecified atom stereocenters. The first-order chi connectivity index (χ1) is 11.2. The molecule has 0 amide bonds. The summed E-state index contributed by atoms with van der Waals surface area (Å²) in [5, 5.41) is 9.83. The van der Waals surface area contributed by atoms with Crippen LogP contribution in [0.2, 0.25) is 0 Å². The Balaban J connectivity index is 1.86. The zero-order valence-corrected chi connectivity index (χ0v) is 13.2. The summed E-state index contributed by atoms with van der Waals surface area (Å²) in [5.41, 5.74) is 4.86. The van der Waals surface area contributed by atoms with Crippen LogP contribution in [0.3, 0.4) is 0 Å². The second-order valence-corrected chi connectivity index (χ2v) is 5.64. The van der Waals surface area contributed by atoms with Crippen molar-refractivity contribution in [2.24, 2.45) is 0 Å². The quantitative estimate of drug-likeness (QED) is 0.747. The number of methoxy groups -OCH3 is 1. The number of hydrogen-bond acceptors (Lipinski definition) is 2. The fraction of sp³-hybridized carbons (Fsp3) is 0.143. The van der Waals surface area contributed by atoms with Crippen molar-refractivity contribution < 1.29 is 9.84 Å². The van der Waals surface area contributed by atoms with Gasteiger partial charge in [0, 0.05) is 0 Å². The lowest BCUT2D eigenvalue weighted by atomic mass is 9.95. The highest BCUT2D eigenvalue weighted by atomic mass is 16.5. The van der Waals surface area contributed by atoms with Crippen molar-refractivity contribution in [1.82, 2.24) is 0 Å². The Bertz CT molecular complexity index is 762. The molecule has 0 radical (unpaired) electrons. The minimum atomic E-state index is 0.314. The van der Waals surface area contributed by atoms with E-state index in [2.05, 4.69) is 24.3 Å². The minimum Gasteiger partial charge on any atom is -0.508 e. The molecule has 0 spiro atoms. The summed E-state index contributed by atoms with van der Waals surface area (Å²) in [7, 11) is 1.67. The average molecular weight is 304 g/mol. The van der Waals surface area contributed by atoms with E-state index in [0.717, 1.165) is 24.2 Å². The van der Waals surface area contributed by atoms with Gasteiger partial charge in [-0.05, 0) is 59.4 Å². The van der Waals surface area contributed by atoms with E-state index in [9.17, 15) is 5.11 Å². The van der Waals surface area contributed by atoms with Gasteiger partial charge in [0.25, 0.3) is 0 Å². The number of ether oxygens (including phenoxy) is 1. The fourth-order valence-corrected chi connectivity index (χ4v) is 2.73. The van der Waals surface area contributed by atoms with Gasteiger partial charge < -0.3 is 9.84 Å². The largest absolute Gasteiger partial charge is 0.508 e. The van der Waals surface area contributed by atoms with Gasteiger partial charge >= 0.3 is 0 Å². The molecular formula is C21H20O2. The first-order valence-corrected chi connectivity index (χ1v) is 7.72. The lowest BCUT2D eigenvalue weighted by molar-refractivity contribution is 0.414. The van der Waals surface area contributed by atoms with Crippen molar-refractivity contribution in [1.29, 1.82) is 0 Å². The molecule has 23 heavy (non-hydrogen) atoms. The summed E-state index contributed by atoms with van der Waals surface area (Å²) in [4.78, 5) is 0. The highest BCUT2D eigenvalue weighted by molar-refractivity contribution is 5.41. The third-order valence-corrected chi connectivity index (χ3v) is 3.98. The monoisotopic (exact) mass is 304 g/mol. The van der Waals surface area contributed by atoms with E-state index >= 15 is 0 Å². The van der Waals surface area contributed by atoms with Crippen LogP contribution >= 0.6 is 0 Å². The van der Waals surface area contributed by atoms with Gasteiger partial charge in [0.1, 0.15) is 11.5 Å². The topological polar surface area (TPSA) is 29.5 Å². The van der Waals surface area contributed by atoms with Crippen molar-refractivity contribution in [3.8, 4) is 11.5 Å². The van der Waals surface area contributed by atoms with Gasteiger partial charge in [-0.25, -0.2) is 0 Å². The number of benzene rings is 3. The molecule has 3 aromatic rings. The normalized spacial score (nSPS) is 10.5. The Labute approximate surface area is 137 Å². The van der Waals surface area contributed by atoms with Crippen molar-refractivity contribution >= 4 is 0 Å². The van der Waals surface area contributed by atoms with Crippen LogP contribution in [-0.4, -0.2) is 12.2 Å². The van der Waals surface area contributed by atoms with Crippen LogP contribution in [0.1, 0.15) is 22.3 Å². The molecule has 0 saturated heterocycles. The molecule has 3 rings (SSSR count). The van der Waals surface area contributed by atoms with Crippen LogP contribution in [-0.2, 0) is 12.8 Å². The molecule has 0 atom stereocenters. The minimum absolute atomic E-state index is 0.314. The molecule has 0 heterocycles. The second kappa shape index (κ2) is 7.01. The zero-order chi connectivity index (χ0) is 16.1. The Morgan fingerprint density at radius 2 is 1.39 bits per heavy atom. The van der Waals surface area contributed by atoms with Crippen LogP contribution in [0.25, 0.3) is 0 Å². The summed E-state index contributed by atoms with van der Waals surface area (Å²) in [6.45, 7) is 0. The van der Waals surface area contributed by atoms with Gasteiger partial charge in [0.2, 0.25) is 0 Å². The van der Waals surface area contributed by atoms with E-state index in [1.807, 2.05) is 42.5 Å². The lowest BCUT2D eigenvalue weighted by Gasteiger charge is -2.11. The number of rotatable bonds is 5. The van der Waals surface area contributed by atoms with Crippen LogP contribution in [0, 0.1) is 0 Å². The molecule has 0 saturated carbocycles. The highest BCUT2D eigenvalue weighted by Crippen LogP contribution is 2.23. The van der Waals surface area contributed by atoms with E-state index in [1.54, 1.807) is 13.2 Å². The van der Waals surface area contributed by atoms with Crippen molar-refractivity contribution in [2.75, 3.05) is 7.11 Å². The molecule has 0 aliphatic carbocycles. The molecule has 0 bridgehead atoms. The molecule has 2 heteroatoms. The van der Waals surface area contributed by atoms with Crippen LogP contribution < -0.4 is 4.74 Å². The summed E-state index contributed by atoms with van der Waals surface area (Å²) < 4.78 is 5.20. The standard InChI is InChI=1S/C21H20O2/c1-23-21-11-7-17(8-12-21)13-18-9-10-20(22)15-19(18)14-16-5-3-2-4-6-16/h2-12,15,22H,13-14H2,1H3. The van der Waals surface area contributed by atoms with Crippen molar-refractivity contribution in [2.45, 2.75) is 12.8 Å². The Hall–Kier alpha value is -2.74. The number of phenolic OH excluding ortho intramolecular Hbond substituents is 1. The van der Waals surface area contributed by atoms with Crippen LogP contribution in [0.15, 0.2) is 72.8 Å². The van der Waals surface area contributed by atoms with E-state index in [1.165, 1.54) is 16.7 Å². The molecular weight excluding hydrogens is 284 g/mol. The fourth-order valence-electron chi connectivity index (χ4n) is 2.73. The maximum atomic E-state index is 9.83. The van der Waals surface area contributed by atoms with Gasteiger partial charge in [0.05, 0.1) is 7.11 Å². The third kappa shape index (κ3) is 3.92. The summed E-state index contributed by atoms with van der Waals surface area (Å²) in [6.07, 6.45) is 1.66. The Morgan fingerprint density at radius 3 is 2.09 bits per heavy atom. The smallest absolute Gasteiger partial charge is 0.118 e.